The highest BCUT2D eigenvalue weighted by Gasteiger charge is 2.12. The van der Waals surface area contributed by atoms with Crippen LogP contribution < -0.4 is 10.2 Å². The van der Waals surface area contributed by atoms with Crippen molar-refractivity contribution in [1.29, 1.82) is 0 Å². The molecule has 1 heterocycles. The molecule has 2 nitrogen and oxygen atoms in total. The van der Waals surface area contributed by atoms with Crippen molar-refractivity contribution in [3.05, 3.63) is 54.9 Å². The molecule has 0 amide bonds. The SMILES string of the molecule is C=CC1=CNCN1c1ccccc1. The van der Waals surface area contributed by atoms with Gasteiger partial charge in [-0.2, -0.15) is 0 Å². The molecule has 1 N–H and O–H groups in total. The van der Waals surface area contributed by atoms with Gasteiger partial charge in [-0.1, -0.05) is 24.8 Å². The molecule has 0 bridgehead atoms. The molecule has 1 aromatic rings. The number of hydrogen-bond donors (Lipinski definition) is 1. The van der Waals surface area contributed by atoms with Crippen LogP contribution in [0.3, 0.4) is 0 Å². The van der Waals surface area contributed by atoms with Crippen molar-refractivity contribution in [2.75, 3.05) is 11.6 Å². The Bertz CT molecular complexity index is 327. The van der Waals surface area contributed by atoms with Gasteiger partial charge in [-0.15, -0.1) is 0 Å². The molecular formula is C11H12N2. The molecule has 2 rings (SSSR count). The lowest BCUT2D eigenvalue weighted by Crippen LogP contribution is -2.22. The zero-order chi connectivity index (χ0) is 9.10. The Balaban J connectivity index is 2.28. The van der Waals surface area contributed by atoms with E-state index in [-0.39, 0.29) is 0 Å². The van der Waals surface area contributed by atoms with Gasteiger partial charge in [0.05, 0.1) is 12.4 Å². The van der Waals surface area contributed by atoms with E-state index >= 15 is 0 Å². The second-order valence-corrected chi connectivity index (χ2v) is 2.90. The van der Waals surface area contributed by atoms with Crippen molar-refractivity contribution in [2.24, 2.45) is 0 Å². The molecule has 0 unspecified atom stereocenters. The summed E-state index contributed by atoms with van der Waals surface area (Å²) in [6.45, 7) is 4.59. The minimum absolute atomic E-state index is 0.825. The van der Waals surface area contributed by atoms with Gasteiger partial charge in [-0.3, -0.25) is 0 Å². The second kappa shape index (κ2) is 3.35. The average molecular weight is 172 g/mol. The van der Waals surface area contributed by atoms with E-state index in [4.69, 9.17) is 0 Å². The normalized spacial score (nSPS) is 15.1. The number of hydrogen-bond acceptors (Lipinski definition) is 2. The van der Waals surface area contributed by atoms with Crippen LogP contribution in [-0.2, 0) is 0 Å². The Labute approximate surface area is 78.2 Å². The van der Waals surface area contributed by atoms with Crippen LogP contribution in [-0.4, -0.2) is 6.67 Å². The van der Waals surface area contributed by atoms with Gasteiger partial charge in [-0.05, 0) is 18.2 Å². The van der Waals surface area contributed by atoms with Crippen LogP contribution in [0.15, 0.2) is 54.9 Å². The third kappa shape index (κ3) is 1.43. The molecule has 66 valence electrons. The van der Waals surface area contributed by atoms with Gasteiger partial charge >= 0.3 is 0 Å². The molecule has 1 aliphatic heterocycles. The fraction of sp³-hybridized carbons (Fsp3) is 0.0909. The number of nitrogens with one attached hydrogen (secondary N) is 1. The second-order valence-electron chi connectivity index (χ2n) is 2.90. The number of anilines is 1. The van der Waals surface area contributed by atoms with Gasteiger partial charge in [0, 0.05) is 11.9 Å². The maximum atomic E-state index is 3.77. The van der Waals surface area contributed by atoms with E-state index in [0.717, 1.165) is 12.4 Å². The highest BCUT2D eigenvalue weighted by molar-refractivity contribution is 5.55. The van der Waals surface area contributed by atoms with Crippen molar-refractivity contribution in [2.45, 2.75) is 0 Å². The predicted octanol–water partition coefficient (Wildman–Crippen LogP) is 2.08. The Hall–Kier alpha value is -1.70. The van der Waals surface area contributed by atoms with E-state index in [1.165, 1.54) is 5.69 Å². The third-order valence-corrected chi connectivity index (χ3v) is 2.09. The molecule has 0 saturated carbocycles. The third-order valence-electron chi connectivity index (χ3n) is 2.09. The monoisotopic (exact) mass is 172 g/mol. The van der Waals surface area contributed by atoms with Crippen LogP contribution in [0.4, 0.5) is 5.69 Å². The van der Waals surface area contributed by atoms with Gasteiger partial charge < -0.3 is 10.2 Å². The molecule has 13 heavy (non-hydrogen) atoms. The van der Waals surface area contributed by atoms with Crippen molar-refractivity contribution in [3.8, 4) is 0 Å². The van der Waals surface area contributed by atoms with Crippen LogP contribution in [0.5, 0.6) is 0 Å². The van der Waals surface area contributed by atoms with Crippen LogP contribution in [0, 0.1) is 0 Å². The quantitative estimate of drug-likeness (QED) is 0.734. The lowest BCUT2D eigenvalue weighted by atomic mass is 10.3. The number of rotatable bonds is 2. The molecule has 0 aliphatic carbocycles. The summed E-state index contributed by atoms with van der Waals surface area (Å²) in [7, 11) is 0. The lowest BCUT2D eigenvalue weighted by Gasteiger charge is -2.18. The van der Waals surface area contributed by atoms with E-state index in [1.807, 2.05) is 30.5 Å². The van der Waals surface area contributed by atoms with Crippen molar-refractivity contribution >= 4 is 5.69 Å². The molecule has 1 aromatic carbocycles. The van der Waals surface area contributed by atoms with E-state index < -0.39 is 0 Å². The first-order valence-electron chi connectivity index (χ1n) is 4.30. The Kier molecular flexibility index (Phi) is 2.04. The molecule has 1 aliphatic rings. The van der Waals surface area contributed by atoms with Gasteiger partial charge in [0.2, 0.25) is 0 Å². The molecule has 0 fully saturated rings. The number of nitrogens with zero attached hydrogens (tertiary/aromatic N) is 1. The van der Waals surface area contributed by atoms with Crippen molar-refractivity contribution in [1.82, 2.24) is 5.32 Å². The van der Waals surface area contributed by atoms with Crippen LogP contribution in [0.25, 0.3) is 0 Å². The van der Waals surface area contributed by atoms with Crippen LogP contribution in [0.2, 0.25) is 0 Å². The van der Waals surface area contributed by atoms with Gasteiger partial charge in [-0.25, -0.2) is 0 Å². The molecule has 0 spiro atoms. The zero-order valence-electron chi connectivity index (χ0n) is 7.40. The lowest BCUT2D eigenvalue weighted by molar-refractivity contribution is 0.893. The number of para-hydroxylation sites is 1. The fourth-order valence-electron chi connectivity index (χ4n) is 1.43. The first-order chi connectivity index (χ1) is 6.42. The summed E-state index contributed by atoms with van der Waals surface area (Å²) in [6.07, 6.45) is 3.83. The summed E-state index contributed by atoms with van der Waals surface area (Å²) in [5.41, 5.74) is 2.31. The molecule has 2 heteroatoms. The first-order valence-corrected chi connectivity index (χ1v) is 4.30. The van der Waals surface area contributed by atoms with Crippen molar-refractivity contribution < 1.29 is 0 Å². The summed E-state index contributed by atoms with van der Waals surface area (Å²) in [5, 5.41) is 3.16. The first kappa shape index (κ1) is 7.92. The van der Waals surface area contributed by atoms with E-state index in [0.29, 0.717) is 0 Å². The van der Waals surface area contributed by atoms with Gasteiger partial charge in [0.15, 0.2) is 0 Å². The molecule has 0 aromatic heterocycles. The molecule has 0 atom stereocenters. The van der Waals surface area contributed by atoms with Gasteiger partial charge in [0.1, 0.15) is 0 Å². The summed E-state index contributed by atoms with van der Waals surface area (Å²) in [5.74, 6) is 0. The van der Waals surface area contributed by atoms with Crippen molar-refractivity contribution in [3.63, 3.8) is 0 Å². The molecule has 0 radical (unpaired) electrons. The molecule has 0 saturated heterocycles. The van der Waals surface area contributed by atoms with E-state index in [1.54, 1.807) is 0 Å². The summed E-state index contributed by atoms with van der Waals surface area (Å²) in [4.78, 5) is 2.17. The Morgan fingerprint density at radius 3 is 2.77 bits per heavy atom. The topological polar surface area (TPSA) is 15.3 Å². The Morgan fingerprint density at radius 1 is 1.31 bits per heavy atom. The standard InChI is InChI=1S/C11H12N2/c1-2-10-8-12-9-13(10)11-6-4-3-5-7-11/h2-8,12H,1,9H2. The summed E-state index contributed by atoms with van der Waals surface area (Å²) in [6, 6.07) is 10.3. The number of benzene rings is 1. The molecular weight excluding hydrogens is 160 g/mol. The summed E-state index contributed by atoms with van der Waals surface area (Å²) >= 11 is 0. The van der Waals surface area contributed by atoms with Gasteiger partial charge in [0.25, 0.3) is 0 Å². The summed E-state index contributed by atoms with van der Waals surface area (Å²) < 4.78 is 0. The maximum absolute atomic E-state index is 3.77. The zero-order valence-corrected chi connectivity index (χ0v) is 7.40. The highest BCUT2D eigenvalue weighted by atomic mass is 15.3. The fourth-order valence-corrected chi connectivity index (χ4v) is 1.43. The van der Waals surface area contributed by atoms with E-state index in [9.17, 15) is 0 Å². The smallest absolute Gasteiger partial charge is 0.0922 e. The van der Waals surface area contributed by atoms with E-state index in [2.05, 4.69) is 28.9 Å². The Morgan fingerprint density at radius 2 is 2.08 bits per heavy atom. The maximum Gasteiger partial charge on any atom is 0.0922 e. The number of allylic oxidation sites excluding steroid dienone is 1. The predicted molar refractivity (Wildman–Crippen MR) is 55.2 cm³/mol. The highest BCUT2D eigenvalue weighted by Crippen LogP contribution is 2.20. The average Bonchev–Trinajstić information content (AvgIpc) is 2.67. The van der Waals surface area contributed by atoms with Crippen LogP contribution >= 0.6 is 0 Å². The largest absolute Gasteiger partial charge is 0.372 e. The van der Waals surface area contributed by atoms with Crippen LogP contribution in [0.1, 0.15) is 0 Å². The minimum atomic E-state index is 0.825. The minimum Gasteiger partial charge on any atom is -0.372 e.